The quantitative estimate of drug-likeness (QED) is 0.804. The zero-order valence-corrected chi connectivity index (χ0v) is 15.1. The number of nitrogens with one attached hydrogen (secondary N) is 2. The Kier molecular flexibility index (Phi) is 5.56. The standard InChI is InChI=1S/C21H24N2O3/c1-3-14-4-8-16(9-5-14)23-21(25)19-12-18(19)20(24)22-13-15-6-10-17(26-2)11-7-15/h4-11,18-19H,3,12-13H2,1-2H3,(H,22,24)(H,23,25). The summed E-state index contributed by atoms with van der Waals surface area (Å²) in [6.07, 6.45) is 1.57. The van der Waals surface area contributed by atoms with E-state index in [0.29, 0.717) is 13.0 Å². The number of rotatable bonds is 7. The third kappa shape index (κ3) is 4.42. The maximum Gasteiger partial charge on any atom is 0.228 e. The van der Waals surface area contributed by atoms with Crippen molar-refractivity contribution in [2.24, 2.45) is 11.8 Å². The first-order chi connectivity index (χ1) is 12.6. The molecule has 5 heteroatoms. The zero-order chi connectivity index (χ0) is 18.5. The minimum absolute atomic E-state index is 0.0673. The molecule has 2 N–H and O–H groups in total. The smallest absolute Gasteiger partial charge is 0.228 e. The van der Waals surface area contributed by atoms with Crippen LogP contribution in [-0.2, 0) is 22.6 Å². The first kappa shape index (κ1) is 18.0. The lowest BCUT2D eigenvalue weighted by molar-refractivity contribution is -0.125. The van der Waals surface area contributed by atoms with Crippen LogP contribution >= 0.6 is 0 Å². The highest BCUT2D eigenvalue weighted by Gasteiger charge is 2.47. The molecular weight excluding hydrogens is 328 g/mol. The van der Waals surface area contributed by atoms with E-state index in [-0.39, 0.29) is 23.7 Å². The molecule has 0 saturated heterocycles. The van der Waals surface area contributed by atoms with Crippen LogP contribution in [-0.4, -0.2) is 18.9 Å². The molecular formula is C21H24N2O3. The Morgan fingerprint density at radius 3 is 2.19 bits per heavy atom. The van der Waals surface area contributed by atoms with Crippen molar-refractivity contribution in [3.63, 3.8) is 0 Å². The normalized spacial score (nSPS) is 18.1. The van der Waals surface area contributed by atoms with Gasteiger partial charge in [-0.25, -0.2) is 0 Å². The molecule has 0 aliphatic heterocycles. The molecule has 0 aromatic heterocycles. The second-order valence-electron chi connectivity index (χ2n) is 6.55. The van der Waals surface area contributed by atoms with Crippen LogP contribution in [0.15, 0.2) is 48.5 Å². The van der Waals surface area contributed by atoms with Gasteiger partial charge in [-0.1, -0.05) is 31.2 Å². The second-order valence-corrected chi connectivity index (χ2v) is 6.55. The van der Waals surface area contributed by atoms with Crippen molar-refractivity contribution in [3.05, 3.63) is 59.7 Å². The van der Waals surface area contributed by atoms with Crippen molar-refractivity contribution < 1.29 is 14.3 Å². The van der Waals surface area contributed by atoms with Crippen LogP contribution in [0.3, 0.4) is 0 Å². The molecule has 1 fully saturated rings. The van der Waals surface area contributed by atoms with E-state index in [0.717, 1.165) is 23.4 Å². The van der Waals surface area contributed by atoms with Crippen molar-refractivity contribution in [3.8, 4) is 5.75 Å². The minimum Gasteiger partial charge on any atom is -0.497 e. The van der Waals surface area contributed by atoms with Crippen LogP contribution in [0.25, 0.3) is 0 Å². The molecule has 3 rings (SSSR count). The molecule has 2 aromatic carbocycles. The number of amides is 2. The fourth-order valence-electron chi connectivity index (χ4n) is 2.90. The highest BCUT2D eigenvalue weighted by atomic mass is 16.5. The van der Waals surface area contributed by atoms with E-state index in [1.54, 1.807) is 7.11 Å². The summed E-state index contributed by atoms with van der Waals surface area (Å²) >= 11 is 0. The van der Waals surface area contributed by atoms with E-state index in [9.17, 15) is 9.59 Å². The lowest BCUT2D eigenvalue weighted by Gasteiger charge is -2.07. The third-order valence-corrected chi connectivity index (χ3v) is 4.72. The molecule has 26 heavy (non-hydrogen) atoms. The van der Waals surface area contributed by atoms with Crippen molar-refractivity contribution in [2.45, 2.75) is 26.3 Å². The van der Waals surface area contributed by atoms with Crippen molar-refractivity contribution in [1.82, 2.24) is 5.32 Å². The number of aryl methyl sites for hydroxylation is 1. The first-order valence-electron chi connectivity index (χ1n) is 8.91. The molecule has 0 spiro atoms. The number of benzene rings is 2. The van der Waals surface area contributed by atoms with Gasteiger partial charge in [-0.15, -0.1) is 0 Å². The van der Waals surface area contributed by atoms with E-state index in [1.807, 2.05) is 48.5 Å². The Bertz CT molecular complexity index is 769. The monoisotopic (exact) mass is 352 g/mol. The number of hydrogen-bond acceptors (Lipinski definition) is 3. The summed E-state index contributed by atoms with van der Waals surface area (Å²) in [5.41, 5.74) is 3.00. The van der Waals surface area contributed by atoms with E-state index in [2.05, 4.69) is 17.6 Å². The van der Waals surface area contributed by atoms with Gasteiger partial charge in [0.2, 0.25) is 11.8 Å². The van der Waals surface area contributed by atoms with E-state index < -0.39 is 0 Å². The largest absolute Gasteiger partial charge is 0.497 e. The van der Waals surface area contributed by atoms with Gasteiger partial charge in [0.05, 0.1) is 18.9 Å². The maximum atomic E-state index is 12.3. The number of hydrogen-bond donors (Lipinski definition) is 2. The summed E-state index contributed by atoms with van der Waals surface area (Å²) in [5, 5.41) is 5.80. The van der Waals surface area contributed by atoms with Crippen molar-refractivity contribution in [1.29, 1.82) is 0 Å². The van der Waals surface area contributed by atoms with Crippen LogP contribution < -0.4 is 15.4 Å². The lowest BCUT2D eigenvalue weighted by atomic mass is 10.1. The molecule has 0 bridgehead atoms. The predicted molar refractivity (Wildman–Crippen MR) is 101 cm³/mol. The SMILES string of the molecule is CCc1ccc(NC(=O)C2CC2C(=O)NCc2ccc(OC)cc2)cc1. The van der Waals surface area contributed by atoms with Crippen LogP contribution in [0.4, 0.5) is 5.69 Å². The summed E-state index contributed by atoms with van der Waals surface area (Å²) in [6.45, 7) is 2.54. The maximum absolute atomic E-state index is 12.3. The van der Waals surface area contributed by atoms with Gasteiger partial charge in [-0.3, -0.25) is 9.59 Å². The summed E-state index contributed by atoms with van der Waals surface area (Å²) in [6, 6.07) is 15.3. The number of carbonyl (C=O) groups excluding carboxylic acids is 2. The Morgan fingerprint density at radius 2 is 1.58 bits per heavy atom. The molecule has 1 aliphatic rings. The molecule has 0 heterocycles. The molecule has 2 atom stereocenters. The van der Waals surface area contributed by atoms with Gasteiger partial charge < -0.3 is 15.4 Å². The van der Waals surface area contributed by atoms with Gasteiger partial charge >= 0.3 is 0 Å². The van der Waals surface area contributed by atoms with Gasteiger partial charge in [0, 0.05) is 12.2 Å². The summed E-state index contributed by atoms with van der Waals surface area (Å²) in [5.74, 6) is 0.159. The highest BCUT2D eigenvalue weighted by molar-refractivity contribution is 5.99. The van der Waals surface area contributed by atoms with E-state index in [4.69, 9.17) is 4.74 Å². The third-order valence-electron chi connectivity index (χ3n) is 4.72. The summed E-state index contributed by atoms with van der Waals surface area (Å²) in [7, 11) is 1.62. The zero-order valence-electron chi connectivity index (χ0n) is 15.1. The molecule has 136 valence electrons. The van der Waals surface area contributed by atoms with E-state index >= 15 is 0 Å². The van der Waals surface area contributed by atoms with Crippen LogP contribution in [0.2, 0.25) is 0 Å². The van der Waals surface area contributed by atoms with Gasteiger partial charge in [-0.2, -0.15) is 0 Å². The summed E-state index contributed by atoms with van der Waals surface area (Å²) in [4.78, 5) is 24.5. The molecule has 0 radical (unpaired) electrons. The number of methoxy groups -OCH3 is 1. The fourth-order valence-corrected chi connectivity index (χ4v) is 2.90. The average Bonchev–Trinajstić information content (AvgIpc) is 3.48. The molecule has 2 aromatic rings. The number of carbonyl (C=O) groups is 2. The topological polar surface area (TPSA) is 67.4 Å². The Hall–Kier alpha value is -2.82. The molecule has 1 saturated carbocycles. The van der Waals surface area contributed by atoms with Gasteiger partial charge in [0.25, 0.3) is 0 Å². The van der Waals surface area contributed by atoms with Gasteiger partial charge in [0.15, 0.2) is 0 Å². The molecule has 5 nitrogen and oxygen atoms in total. The highest BCUT2D eigenvalue weighted by Crippen LogP contribution is 2.39. The van der Waals surface area contributed by atoms with E-state index in [1.165, 1.54) is 5.56 Å². The summed E-state index contributed by atoms with van der Waals surface area (Å²) < 4.78 is 5.11. The first-order valence-corrected chi connectivity index (χ1v) is 8.91. The van der Waals surface area contributed by atoms with Crippen LogP contribution in [0.5, 0.6) is 5.75 Å². The van der Waals surface area contributed by atoms with Gasteiger partial charge in [-0.05, 0) is 48.2 Å². The minimum atomic E-state index is -0.239. The molecule has 1 aliphatic carbocycles. The number of anilines is 1. The second kappa shape index (κ2) is 8.04. The Labute approximate surface area is 153 Å². The Morgan fingerprint density at radius 1 is 0.962 bits per heavy atom. The Balaban J connectivity index is 1.45. The van der Waals surface area contributed by atoms with Gasteiger partial charge in [0.1, 0.15) is 5.75 Å². The molecule has 2 unspecified atom stereocenters. The van der Waals surface area contributed by atoms with Crippen LogP contribution in [0.1, 0.15) is 24.5 Å². The van der Waals surface area contributed by atoms with Crippen LogP contribution in [0, 0.1) is 11.8 Å². The molecule has 2 amide bonds. The predicted octanol–water partition coefficient (Wildman–Crippen LogP) is 3.15. The fraction of sp³-hybridized carbons (Fsp3) is 0.333. The van der Waals surface area contributed by atoms with Crippen molar-refractivity contribution in [2.75, 3.05) is 12.4 Å². The number of ether oxygens (including phenoxy) is 1. The average molecular weight is 352 g/mol. The van der Waals surface area contributed by atoms with Crippen molar-refractivity contribution >= 4 is 17.5 Å². The lowest BCUT2D eigenvalue weighted by Crippen LogP contribution is -2.27.